The molecule has 1 aromatic heterocycles. The fraction of sp³-hybridized carbons (Fsp3) is 0.143. The number of hydrogen-bond acceptors (Lipinski definition) is 0. The van der Waals surface area contributed by atoms with E-state index in [1.54, 1.807) is 0 Å². The highest BCUT2D eigenvalue weighted by Gasteiger charge is 2.26. The number of aromatic amines is 1. The Hall–Kier alpha value is -2.54. The number of rotatable bonds is 0. The van der Waals surface area contributed by atoms with Gasteiger partial charge < -0.3 is 4.98 Å². The summed E-state index contributed by atoms with van der Waals surface area (Å²) in [5.74, 6) is 0. The van der Waals surface area contributed by atoms with Crippen LogP contribution >= 0.6 is 0 Å². The normalized spacial score (nSPS) is 19.1. The summed E-state index contributed by atoms with van der Waals surface area (Å²) in [6, 6.07) is 8.79. The molecule has 1 nitrogen and oxygen atoms in total. The van der Waals surface area contributed by atoms with Gasteiger partial charge in [-0.2, -0.15) is 0 Å². The monoisotopic (exact) mass is 283 g/mol. The molecule has 0 spiro atoms. The third kappa shape index (κ3) is 1.72. The van der Waals surface area contributed by atoms with Crippen LogP contribution in [0, 0.1) is 0 Å². The first-order chi connectivity index (χ1) is 10.9. The molecule has 5 rings (SSSR count). The standard InChI is InChI=1S/C21H17N/c1-2-6-15-11-14(5-1)9-10-18-19(12-15)22-20-13-16-7-3-4-8-17(16)21(18)20/h1-10,22H,11-13H2/b10-9-. The predicted molar refractivity (Wildman–Crippen MR) is 91.7 cm³/mol. The molecule has 0 fully saturated rings. The van der Waals surface area contributed by atoms with Gasteiger partial charge in [0.25, 0.3) is 0 Å². The molecule has 0 amide bonds. The van der Waals surface area contributed by atoms with Crippen molar-refractivity contribution in [2.75, 3.05) is 0 Å². The molecule has 0 unspecified atom stereocenters. The fourth-order valence-corrected chi connectivity index (χ4v) is 3.90. The number of nitrogens with one attached hydrogen (secondary N) is 1. The highest BCUT2D eigenvalue weighted by Crippen LogP contribution is 2.42. The lowest BCUT2D eigenvalue weighted by Crippen LogP contribution is -1.98. The molecule has 0 radical (unpaired) electrons. The van der Waals surface area contributed by atoms with Crippen LogP contribution in [0.4, 0.5) is 0 Å². The zero-order valence-corrected chi connectivity index (χ0v) is 12.4. The van der Waals surface area contributed by atoms with E-state index in [1.165, 1.54) is 44.8 Å². The van der Waals surface area contributed by atoms with Crippen molar-refractivity contribution >= 4 is 6.08 Å². The van der Waals surface area contributed by atoms with Crippen molar-refractivity contribution in [2.45, 2.75) is 19.3 Å². The minimum absolute atomic E-state index is 1.02. The molecule has 0 atom stereocenters. The first kappa shape index (κ1) is 12.0. The molecule has 1 N–H and O–H groups in total. The van der Waals surface area contributed by atoms with Gasteiger partial charge in [0.05, 0.1) is 0 Å². The molecule has 3 aliphatic carbocycles. The second kappa shape index (κ2) is 4.48. The van der Waals surface area contributed by atoms with Gasteiger partial charge in [-0.3, -0.25) is 0 Å². The smallest absolute Gasteiger partial charge is 0.0280 e. The van der Waals surface area contributed by atoms with E-state index in [9.17, 15) is 0 Å². The molecular formula is C21H17N. The largest absolute Gasteiger partial charge is 0.361 e. The van der Waals surface area contributed by atoms with Gasteiger partial charge in [-0.15, -0.1) is 0 Å². The Bertz CT molecular complexity index is 900. The van der Waals surface area contributed by atoms with Crippen LogP contribution < -0.4 is 0 Å². The number of benzene rings is 1. The lowest BCUT2D eigenvalue weighted by Gasteiger charge is -2.12. The van der Waals surface area contributed by atoms with Crippen molar-refractivity contribution in [3.8, 4) is 11.1 Å². The lowest BCUT2D eigenvalue weighted by molar-refractivity contribution is 0.979. The molecule has 22 heavy (non-hydrogen) atoms. The van der Waals surface area contributed by atoms with Gasteiger partial charge in [0.15, 0.2) is 0 Å². The molecule has 3 aliphatic rings. The summed E-state index contributed by atoms with van der Waals surface area (Å²) in [5, 5.41) is 0. The SMILES string of the molecule is C1=CC=C2CC(=C1)/C=C\c1c([nH]c3c1-c1ccccc1C3)C2. The second-order valence-corrected chi connectivity index (χ2v) is 6.34. The zero-order valence-electron chi connectivity index (χ0n) is 12.4. The van der Waals surface area contributed by atoms with Crippen molar-refractivity contribution in [3.63, 3.8) is 0 Å². The van der Waals surface area contributed by atoms with Gasteiger partial charge >= 0.3 is 0 Å². The fourth-order valence-electron chi connectivity index (χ4n) is 3.90. The molecule has 1 aromatic carbocycles. The van der Waals surface area contributed by atoms with Crippen molar-refractivity contribution in [1.29, 1.82) is 0 Å². The van der Waals surface area contributed by atoms with Gasteiger partial charge in [-0.25, -0.2) is 0 Å². The Kier molecular flexibility index (Phi) is 2.45. The summed E-state index contributed by atoms with van der Waals surface area (Å²) in [4.78, 5) is 3.72. The Balaban J connectivity index is 1.73. The third-order valence-corrected chi connectivity index (χ3v) is 4.90. The van der Waals surface area contributed by atoms with Crippen molar-refractivity contribution in [1.82, 2.24) is 4.98 Å². The summed E-state index contributed by atoms with van der Waals surface area (Å²) < 4.78 is 0. The molecular weight excluding hydrogens is 266 g/mol. The topological polar surface area (TPSA) is 15.8 Å². The Morgan fingerprint density at radius 2 is 1.73 bits per heavy atom. The summed E-state index contributed by atoms with van der Waals surface area (Å²) in [6.07, 6.45) is 16.5. The van der Waals surface area contributed by atoms with Crippen LogP contribution in [0.1, 0.15) is 28.9 Å². The maximum absolute atomic E-state index is 3.72. The molecule has 106 valence electrons. The first-order valence-corrected chi connectivity index (χ1v) is 7.94. The molecule has 2 aromatic rings. The maximum atomic E-state index is 3.72. The molecule has 1 heterocycles. The predicted octanol–water partition coefficient (Wildman–Crippen LogP) is 4.97. The highest BCUT2D eigenvalue weighted by atomic mass is 14.8. The number of H-pyrrole nitrogens is 1. The molecule has 0 saturated carbocycles. The van der Waals surface area contributed by atoms with Gasteiger partial charge in [0.1, 0.15) is 0 Å². The van der Waals surface area contributed by atoms with E-state index in [4.69, 9.17) is 0 Å². The van der Waals surface area contributed by atoms with Crippen LogP contribution in [0.15, 0.2) is 65.8 Å². The second-order valence-electron chi connectivity index (χ2n) is 6.34. The van der Waals surface area contributed by atoms with Crippen LogP contribution in [0.25, 0.3) is 17.2 Å². The van der Waals surface area contributed by atoms with Crippen molar-refractivity contribution in [2.24, 2.45) is 0 Å². The molecule has 0 saturated heterocycles. The van der Waals surface area contributed by atoms with Gasteiger partial charge in [0, 0.05) is 35.4 Å². The summed E-state index contributed by atoms with van der Waals surface area (Å²) in [7, 11) is 0. The summed E-state index contributed by atoms with van der Waals surface area (Å²) >= 11 is 0. The van der Waals surface area contributed by atoms with Gasteiger partial charge in [0.2, 0.25) is 0 Å². The van der Waals surface area contributed by atoms with Crippen LogP contribution in [-0.2, 0) is 12.8 Å². The van der Waals surface area contributed by atoms with Crippen molar-refractivity contribution < 1.29 is 0 Å². The Morgan fingerprint density at radius 1 is 0.818 bits per heavy atom. The summed E-state index contributed by atoms with van der Waals surface area (Å²) in [6.45, 7) is 0. The number of hydrogen-bond donors (Lipinski definition) is 1. The van der Waals surface area contributed by atoms with E-state index < -0.39 is 0 Å². The van der Waals surface area contributed by atoms with Crippen molar-refractivity contribution in [3.05, 3.63) is 88.3 Å². The number of aromatic nitrogens is 1. The van der Waals surface area contributed by atoms with E-state index in [0.717, 1.165) is 19.3 Å². The third-order valence-electron chi connectivity index (χ3n) is 4.90. The Labute approximate surface area is 130 Å². The summed E-state index contributed by atoms with van der Waals surface area (Å²) in [5.41, 5.74) is 11.3. The van der Waals surface area contributed by atoms with Gasteiger partial charge in [-0.1, -0.05) is 66.3 Å². The van der Waals surface area contributed by atoms with E-state index in [-0.39, 0.29) is 0 Å². The quantitative estimate of drug-likeness (QED) is 0.599. The van der Waals surface area contributed by atoms with E-state index in [2.05, 4.69) is 65.7 Å². The zero-order chi connectivity index (χ0) is 14.5. The minimum atomic E-state index is 1.02. The average Bonchev–Trinajstić information content (AvgIpc) is 2.90. The minimum Gasteiger partial charge on any atom is -0.361 e. The van der Waals surface area contributed by atoms with Crippen LogP contribution in [0.3, 0.4) is 0 Å². The van der Waals surface area contributed by atoms with Crippen LogP contribution in [0.2, 0.25) is 0 Å². The van der Waals surface area contributed by atoms with Crippen LogP contribution in [-0.4, -0.2) is 4.98 Å². The maximum Gasteiger partial charge on any atom is 0.0280 e. The molecule has 0 aliphatic heterocycles. The van der Waals surface area contributed by atoms with E-state index in [1.807, 2.05) is 0 Å². The molecule has 1 heteroatoms. The van der Waals surface area contributed by atoms with Gasteiger partial charge in [-0.05, 0) is 23.1 Å². The van der Waals surface area contributed by atoms with E-state index >= 15 is 0 Å². The lowest BCUT2D eigenvalue weighted by atomic mass is 9.93. The van der Waals surface area contributed by atoms with E-state index in [0.29, 0.717) is 0 Å². The highest BCUT2D eigenvalue weighted by molar-refractivity contribution is 5.85. The van der Waals surface area contributed by atoms with Crippen LogP contribution in [0.5, 0.6) is 0 Å². The average molecular weight is 283 g/mol. The Morgan fingerprint density at radius 3 is 2.73 bits per heavy atom. The molecule has 2 bridgehead atoms. The first-order valence-electron chi connectivity index (χ1n) is 7.94. The number of allylic oxidation sites excluding steroid dienone is 7. The number of fused-ring (bicyclic) bond motifs is 7.